The number of hydrogen-bond donors (Lipinski definition) is 1. The molecule has 5 nitrogen and oxygen atoms in total. The lowest BCUT2D eigenvalue weighted by Crippen LogP contribution is -2.24. The molecule has 1 aromatic rings. The van der Waals surface area contributed by atoms with Crippen molar-refractivity contribution < 1.29 is 14.7 Å². The van der Waals surface area contributed by atoms with Crippen LogP contribution in [0.15, 0.2) is 6.20 Å². The molecule has 1 saturated heterocycles. The number of anilines is 1. The quantitative estimate of drug-likeness (QED) is 0.796. The molecular weight excluding hydrogens is 240 g/mol. The fourth-order valence-electron chi connectivity index (χ4n) is 1.34. The molecule has 0 spiro atoms. The van der Waals surface area contributed by atoms with Gasteiger partial charge in [-0.2, -0.15) is 0 Å². The number of carboxylic acid groups (broad SMARTS) is 1. The molecule has 0 bridgehead atoms. The Bertz CT molecular complexity index is 420. The molecule has 1 fully saturated rings. The summed E-state index contributed by atoms with van der Waals surface area (Å²) in [7, 11) is 0. The molecule has 0 aliphatic carbocycles. The van der Waals surface area contributed by atoms with Crippen LogP contribution in [0.3, 0.4) is 0 Å². The van der Waals surface area contributed by atoms with E-state index in [0.717, 1.165) is 11.3 Å². The first-order valence-corrected chi connectivity index (χ1v) is 5.47. The van der Waals surface area contributed by atoms with Crippen LogP contribution in [0.4, 0.5) is 5.13 Å². The number of halogens is 1. The molecule has 0 saturated carbocycles. The number of thiazole rings is 1. The lowest BCUT2D eigenvalue weighted by atomic mass is 10.4. The highest BCUT2D eigenvalue weighted by molar-refractivity contribution is 7.17. The lowest BCUT2D eigenvalue weighted by Gasteiger charge is -2.10. The Morgan fingerprint density at radius 1 is 1.73 bits per heavy atom. The Kier molecular flexibility index (Phi) is 2.62. The highest BCUT2D eigenvalue weighted by atomic mass is 35.5. The molecule has 80 valence electrons. The van der Waals surface area contributed by atoms with E-state index in [0.29, 0.717) is 11.7 Å². The molecule has 7 heteroatoms. The number of hydrogen-bond acceptors (Lipinski definition) is 4. The molecule has 0 radical (unpaired) electrons. The zero-order valence-corrected chi connectivity index (χ0v) is 9.09. The van der Waals surface area contributed by atoms with Gasteiger partial charge in [0.05, 0.1) is 11.6 Å². The van der Waals surface area contributed by atoms with Crippen LogP contribution in [0.5, 0.6) is 0 Å². The highest BCUT2D eigenvalue weighted by Crippen LogP contribution is 2.28. The number of alkyl halides is 1. The minimum atomic E-state index is -1.03. The summed E-state index contributed by atoms with van der Waals surface area (Å²) < 4.78 is 0. The molecule has 1 amide bonds. The van der Waals surface area contributed by atoms with E-state index in [-0.39, 0.29) is 22.6 Å². The molecule has 1 aliphatic rings. The molecule has 1 atom stereocenters. The Labute approximate surface area is 94.3 Å². The minimum Gasteiger partial charge on any atom is -0.477 e. The Balaban J connectivity index is 2.23. The fourth-order valence-corrected chi connectivity index (χ4v) is 2.39. The summed E-state index contributed by atoms with van der Waals surface area (Å²) in [5.41, 5.74) is 0. The number of carbonyl (C=O) groups excluding carboxylic acids is 1. The van der Waals surface area contributed by atoms with E-state index in [1.807, 2.05) is 0 Å². The second-order valence-corrected chi connectivity index (χ2v) is 4.74. The van der Waals surface area contributed by atoms with Gasteiger partial charge < -0.3 is 5.11 Å². The van der Waals surface area contributed by atoms with E-state index < -0.39 is 5.97 Å². The van der Waals surface area contributed by atoms with Crippen molar-refractivity contribution in [3.63, 3.8) is 0 Å². The topological polar surface area (TPSA) is 70.5 Å². The number of amides is 1. The predicted octanol–water partition coefficient (Wildman–Crippen LogP) is 1.19. The van der Waals surface area contributed by atoms with Crippen LogP contribution in [-0.2, 0) is 4.79 Å². The average molecular weight is 247 g/mol. The monoisotopic (exact) mass is 246 g/mol. The summed E-state index contributed by atoms with van der Waals surface area (Å²) in [6, 6.07) is 0. The van der Waals surface area contributed by atoms with Crippen molar-refractivity contribution in [1.29, 1.82) is 0 Å². The highest BCUT2D eigenvalue weighted by Gasteiger charge is 2.31. The molecule has 1 aromatic heterocycles. The van der Waals surface area contributed by atoms with Crippen LogP contribution in [0, 0.1) is 0 Å². The number of nitrogens with zero attached hydrogens (tertiary/aromatic N) is 2. The number of carboxylic acids is 1. The van der Waals surface area contributed by atoms with E-state index in [1.54, 1.807) is 0 Å². The van der Waals surface area contributed by atoms with Crippen LogP contribution in [0.25, 0.3) is 0 Å². The summed E-state index contributed by atoms with van der Waals surface area (Å²) in [5.74, 6) is -1.14. The van der Waals surface area contributed by atoms with E-state index in [4.69, 9.17) is 16.7 Å². The SMILES string of the molecule is O=C(O)c1cnc(N2CC(Cl)CC2=O)s1. The lowest BCUT2D eigenvalue weighted by molar-refractivity contribution is -0.117. The second kappa shape index (κ2) is 3.79. The van der Waals surface area contributed by atoms with Crippen molar-refractivity contribution in [1.82, 2.24) is 4.98 Å². The van der Waals surface area contributed by atoms with Crippen molar-refractivity contribution in [3.8, 4) is 0 Å². The third kappa shape index (κ3) is 1.95. The maximum absolute atomic E-state index is 11.4. The Morgan fingerprint density at radius 2 is 2.47 bits per heavy atom. The van der Waals surface area contributed by atoms with Gasteiger partial charge in [0.2, 0.25) is 5.91 Å². The third-order valence-electron chi connectivity index (χ3n) is 2.01. The van der Waals surface area contributed by atoms with Crippen LogP contribution in [-0.4, -0.2) is 33.9 Å². The van der Waals surface area contributed by atoms with Gasteiger partial charge in [0.1, 0.15) is 4.88 Å². The third-order valence-corrected chi connectivity index (χ3v) is 3.31. The number of rotatable bonds is 2. The fraction of sp³-hybridized carbons (Fsp3) is 0.375. The van der Waals surface area contributed by atoms with Gasteiger partial charge in [0.25, 0.3) is 0 Å². The molecule has 1 N–H and O–H groups in total. The van der Waals surface area contributed by atoms with Crippen molar-refractivity contribution >= 4 is 39.9 Å². The Hall–Kier alpha value is -1.14. The summed E-state index contributed by atoms with van der Waals surface area (Å²) in [6.45, 7) is 0.396. The van der Waals surface area contributed by atoms with Crippen LogP contribution < -0.4 is 4.90 Å². The predicted molar refractivity (Wildman–Crippen MR) is 55.7 cm³/mol. The number of aromatic carboxylic acids is 1. The van der Waals surface area contributed by atoms with Crippen LogP contribution in [0.1, 0.15) is 16.1 Å². The van der Waals surface area contributed by atoms with Crippen LogP contribution in [0.2, 0.25) is 0 Å². The van der Waals surface area contributed by atoms with E-state index in [1.165, 1.54) is 11.1 Å². The number of aromatic nitrogens is 1. The molecule has 0 aromatic carbocycles. The zero-order valence-electron chi connectivity index (χ0n) is 7.51. The molecule has 2 rings (SSSR count). The standard InChI is InChI=1S/C8H7ClN2O3S/c9-4-1-6(12)11(3-4)8-10-2-5(15-8)7(13)14/h2,4H,1,3H2,(H,13,14). The maximum Gasteiger partial charge on any atom is 0.347 e. The van der Waals surface area contributed by atoms with Gasteiger partial charge >= 0.3 is 5.97 Å². The van der Waals surface area contributed by atoms with Crippen molar-refractivity contribution in [2.45, 2.75) is 11.8 Å². The van der Waals surface area contributed by atoms with Gasteiger partial charge in [-0.1, -0.05) is 11.3 Å². The minimum absolute atomic E-state index is 0.110. The van der Waals surface area contributed by atoms with Gasteiger partial charge in [-0.05, 0) is 0 Å². The molecule has 1 unspecified atom stereocenters. The van der Waals surface area contributed by atoms with E-state index in [9.17, 15) is 9.59 Å². The first kappa shape index (κ1) is 10.4. The van der Waals surface area contributed by atoms with E-state index >= 15 is 0 Å². The normalized spacial score (nSPS) is 21.0. The van der Waals surface area contributed by atoms with Gasteiger partial charge in [0, 0.05) is 13.0 Å². The van der Waals surface area contributed by atoms with Crippen molar-refractivity contribution in [2.24, 2.45) is 0 Å². The van der Waals surface area contributed by atoms with Gasteiger partial charge in [-0.15, -0.1) is 11.6 Å². The van der Waals surface area contributed by atoms with Gasteiger partial charge in [-0.3, -0.25) is 9.69 Å². The smallest absolute Gasteiger partial charge is 0.347 e. The number of carbonyl (C=O) groups is 2. The maximum atomic E-state index is 11.4. The summed E-state index contributed by atoms with van der Waals surface area (Å²) in [6.07, 6.45) is 1.53. The van der Waals surface area contributed by atoms with Gasteiger partial charge in [-0.25, -0.2) is 9.78 Å². The van der Waals surface area contributed by atoms with Crippen molar-refractivity contribution in [2.75, 3.05) is 11.4 Å². The second-order valence-electron chi connectivity index (χ2n) is 3.12. The average Bonchev–Trinajstić information content (AvgIpc) is 2.71. The van der Waals surface area contributed by atoms with E-state index in [2.05, 4.69) is 4.98 Å². The summed E-state index contributed by atoms with van der Waals surface area (Å²) in [4.78, 5) is 27.5. The Morgan fingerprint density at radius 3 is 2.93 bits per heavy atom. The zero-order chi connectivity index (χ0) is 11.0. The van der Waals surface area contributed by atoms with Crippen LogP contribution >= 0.6 is 22.9 Å². The first-order chi connectivity index (χ1) is 7.08. The molecule has 15 heavy (non-hydrogen) atoms. The summed E-state index contributed by atoms with van der Waals surface area (Å²) >= 11 is 6.80. The first-order valence-electron chi connectivity index (χ1n) is 4.21. The molecular formula is C8H7ClN2O3S. The molecule has 1 aliphatic heterocycles. The largest absolute Gasteiger partial charge is 0.477 e. The molecule has 2 heterocycles. The summed E-state index contributed by atoms with van der Waals surface area (Å²) in [5, 5.41) is 8.89. The van der Waals surface area contributed by atoms with Gasteiger partial charge in [0.15, 0.2) is 5.13 Å². The van der Waals surface area contributed by atoms with Crippen molar-refractivity contribution in [3.05, 3.63) is 11.1 Å².